The molecule has 8 nitrogen and oxygen atoms in total. The molecule has 0 heterocycles. The summed E-state index contributed by atoms with van der Waals surface area (Å²) in [5.74, 6) is -0.660. The summed E-state index contributed by atoms with van der Waals surface area (Å²) in [7, 11) is -2.77. The van der Waals surface area contributed by atoms with E-state index in [0.29, 0.717) is 12.8 Å². The Morgan fingerprint density at radius 3 is 2.30 bits per heavy atom. The minimum absolute atomic E-state index is 0.0959. The Morgan fingerprint density at radius 2 is 1.73 bits per heavy atom. The predicted molar refractivity (Wildman–Crippen MR) is 113 cm³/mol. The first-order chi connectivity index (χ1) is 13.9. The number of hydrogen-bond donors (Lipinski definition) is 1. The number of hydrogen-bond acceptors (Lipinski definition) is 6. The number of amides is 1. The highest BCUT2D eigenvalue weighted by Crippen LogP contribution is 2.29. The molecule has 1 aliphatic carbocycles. The number of methoxy groups -OCH3 is 1. The Hall–Kier alpha value is -2.13. The zero-order valence-electron chi connectivity index (χ0n) is 18.3. The van der Waals surface area contributed by atoms with Crippen LogP contribution in [0, 0.1) is 6.92 Å². The number of carbonyl (C=O) groups is 2. The lowest BCUT2D eigenvalue weighted by molar-refractivity contribution is -0.141. The minimum Gasteiger partial charge on any atom is -0.468 e. The molecule has 1 saturated carbocycles. The van der Waals surface area contributed by atoms with Crippen LogP contribution >= 0.6 is 0 Å². The quantitative estimate of drug-likeness (QED) is 0.683. The third kappa shape index (κ3) is 6.43. The van der Waals surface area contributed by atoms with E-state index in [1.807, 2.05) is 6.92 Å². The van der Waals surface area contributed by atoms with Crippen LogP contribution in [0.3, 0.4) is 0 Å². The number of rotatable bonds is 6. The molecule has 30 heavy (non-hydrogen) atoms. The highest BCUT2D eigenvalue weighted by atomic mass is 32.2. The van der Waals surface area contributed by atoms with Gasteiger partial charge in [0.1, 0.15) is 12.1 Å². The highest BCUT2D eigenvalue weighted by molar-refractivity contribution is 7.89. The van der Waals surface area contributed by atoms with Gasteiger partial charge in [-0.25, -0.2) is 13.2 Å². The van der Waals surface area contributed by atoms with E-state index in [0.717, 1.165) is 22.7 Å². The SMILES string of the molecule is COC(=O)CN([C@@H]1CCCC[C@H]1NC(=O)OC(C)(C)C)S(=O)(=O)c1ccc(C)cc1. The maximum absolute atomic E-state index is 13.4. The molecular formula is C21H32N2O6S. The van der Waals surface area contributed by atoms with Gasteiger partial charge in [0.05, 0.1) is 12.0 Å². The van der Waals surface area contributed by atoms with Crippen molar-refractivity contribution in [1.82, 2.24) is 9.62 Å². The average Bonchev–Trinajstić information content (AvgIpc) is 2.65. The highest BCUT2D eigenvalue weighted by Gasteiger charge is 2.40. The Morgan fingerprint density at radius 1 is 1.13 bits per heavy atom. The smallest absolute Gasteiger partial charge is 0.407 e. The van der Waals surface area contributed by atoms with Gasteiger partial charge >= 0.3 is 12.1 Å². The summed E-state index contributed by atoms with van der Waals surface area (Å²) in [6.45, 7) is 6.72. The van der Waals surface area contributed by atoms with Crippen LogP contribution in [0.2, 0.25) is 0 Å². The van der Waals surface area contributed by atoms with Crippen molar-refractivity contribution in [2.24, 2.45) is 0 Å². The van der Waals surface area contributed by atoms with Crippen LogP contribution in [0.15, 0.2) is 29.2 Å². The minimum atomic E-state index is -3.99. The molecule has 0 aromatic heterocycles. The van der Waals surface area contributed by atoms with Gasteiger partial charge in [-0.2, -0.15) is 4.31 Å². The number of aryl methyl sites for hydroxylation is 1. The molecule has 168 valence electrons. The number of sulfonamides is 1. The molecule has 9 heteroatoms. The van der Waals surface area contributed by atoms with Gasteiger partial charge in [0.2, 0.25) is 10.0 Å². The molecule has 0 saturated heterocycles. The van der Waals surface area contributed by atoms with Crippen LogP contribution in [-0.4, -0.2) is 56.1 Å². The van der Waals surface area contributed by atoms with Crippen molar-refractivity contribution in [3.8, 4) is 0 Å². The number of benzene rings is 1. The van der Waals surface area contributed by atoms with E-state index in [4.69, 9.17) is 9.47 Å². The standard InChI is InChI=1S/C21H32N2O6S/c1-15-10-12-16(13-11-15)30(26,27)23(14-19(24)28-5)18-9-7-6-8-17(18)22-20(25)29-21(2,3)4/h10-13,17-18H,6-9,14H2,1-5H3,(H,22,25)/t17-,18-/m1/s1. The largest absolute Gasteiger partial charge is 0.468 e. The molecule has 1 aliphatic rings. The van der Waals surface area contributed by atoms with Crippen molar-refractivity contribution in [1.29, 1.82) is 0 Å². The molecule has 0 radical (unpaired) electrons. The first kappa shape index (κ1) is 24.1. The summed E-state index contributed by atoms with van der Waals surface area (Å²) in [6.07, 6.45) is 2.13. The number of esters is 1. The first-order valence-electron chi connectivity index (χ1n) is 10.1. The van der Waals surface area contributed by atoms with E-state index in [-0.39, 0.29) is 4.90 Å². The fourth-order valence-corrected chi connectivity index (χ4v) is 5.14. The van der Waals surface area contributed by atoms with Crippen LogP contribution in [0.5, 0.6) is 0 Å². The Bertz CT molecular complexity index is 845. The van der Waals surface area contributed by atoms with Crippen molar-refractivity contribution in [2.75, 3.05) is 13.7 Å². The van der Waals surface area contributed by atoms with Gasteiger partial charge in [-0.3, -0.25) is 4.79 Å². The van der Waals surface area contributed by atoms with E-state index in [1.165, 1.54) is 19.2 Å². The molecule has 1 N–H and O–H groups in total. The number of nitrogens with zero attached hydrogens (tertiary/aromatic N) is 1. The summed E-state index contributed by atoms with van der Waals surface area (Å²) < 4.78 is 38.1. The summed E-state index contributed by atoms with van der Waals surface area (Å²) in [5.41, 5.74) is 0.254. The third-order valence-electron chi connectivity index (χ3n) is 4.94. The zero-order valence-corrected chi connectivity index (χ0v) is 19.1. The number of ether oxygens (including phenoxy) is 2. The van der Waals surface area contributed by atoms with Crippen molar-refractivity contribution in [3.05, 3.63) is 29.8 Å². The summed E-state index contributed by atoms with van der Waals surface area (Å²) in [5, 5.41) is 2.81. The molecule has 0 spiro atoms. The summed E-state index contributed by atoms with van der Waals surface area (Å²) in [4.78, 5) is 24.5. The maximum atomic E-state index is 13.4. The zero-order chi connectivity index (χ0) is 22.5. The van der Waals surface area contributed by atoms with Crippen molar-refractivity contribution >= 4 is 22.1 Å². The second-order valence-electron chi connectivity index (χ2n) is 8.54. The van der Waals surface area contributed by atoms with Gasteiger partial charge in [0.25, 0.3) is 0 Å². The van der Waals surface area contributed by atoms with E-state index in [1.54, 1.807) is 32.9 Å². The van der Waals surface area contributed by atoms with Crippen LogP contribution in [0.25, 0.3) is 0 Å². The van der Waals surface area contributed by atoms with Crippen molar-refractivity contribution in [2.45, 2.75) is 76.0 Å². The van der Waals surface area contributed by atoms with E-state index in [9.17, 15) is 18.0 Å². The molecule has 0 unspecified atom stereocenters. The number of alkyl carbamates (subject to hydrolysis) is 1. The molecule has 1 fully saturated rings. The molecule has 1 aromatic rings. The number of nitrogens with one attached hydrogen (secondary N) is 1. The fourth-order valence-electron chi connectivity index (χ4n) is 3.50. The molecule has 1 aromatic carbocycles. The van der Waals surface area contributed by atoms with Gasteiger partial charge < -0.3 is 14.8 Å². The molecule has 2 atom stereocenters. The molecule has 2 rings (SSSR count). The average molecular weight is 441 g/mol. The molecule has 0 bridgehead atoms. The van der Waals surface area contributed by atoms with Crippen LogP contribution in [0.4, 0.5) is 4.79 Å². The van der Waals surface area contributed by atoms with Gasteiger partial charge in [-0.1, -0.05) is 30.5 Å². The number of carbonyl (C=O) groups excluding carboxylic acids is 2. The Labute approximate surface area is 179 Å². The lowest BCUT2D eigenvalue weighted by atomic mass is 9.90. The summed E-state index contributed by atoms with van der Waals surface area (Å²) >= 11 is 0. The van der Waals surface area contributed by atoms with Gasteiger partial charge in [-0.15, -0.1) is 0 Å². The maximum Gasteiger partial charge on any atom is 0.407 e. The molecular weight excluding hydrogens is 408 g/mol. The monoisotopic (exact) mass is 440 g/mol. The lowest BCUT2D eigenvalue weighted by Crippen LogP contribution is -2.56. The van der Waals surface area contributed by atoms with Crippen molar-refractivity contribution in [3.63, 3.8) is 0 Å². The van der Waals surface area contributed by atoms with E-state index in [2.05, 4.69) is 5.32 Å². The van der Waals surface area contributed by atoms with Gasteiger partial charge in [0, 0.05) is 12.1 Å². The Balaban J connectivity index is 2.36. The topological polar surface area (TPSA) is 102 Å². The third-order valence-corrected chi connectivity index (χ3v) is 6.83. The summed E-state index contributed by atoms with van der Waals surface area (Å²) in [6, 6.07) is 5.40. The van der Waals surface area contributed by atoms with Gasteiger partial charge in [-0.05, 0) is 52.7 Å². The first-order valence-corrected chi connectivity index (χ1v) is 11.5. The van der Waals surface area contributed by atoms with Crippen LogP contribution in [-0.2, 0) is 24.3 Å². The van der Waals surface area contributed by atoms with Crippen molar-refractivity contribution < 1.29 is 27.5 Å². The second kappa shape index (κ2) is 9.78. The normalized spacial score (nSPS) is 19.9. The Kier molecular flexibility index (Phi) is 7.87. The lowest BCUT2D eigenvalue weighted by Gasteiger charge is -2.39. The van der Waals surface area contributed by atoms with Gasteiger partial charge in [0.15, 0.2) is 0 Å². The second-order valence-corrected chi connectivity index (χ2v) is 10.4. The van der Waals surface area contributed by atoms with E-state index >= 15 is 0 Å². The van der Waals surface area contributed by atoms with Crippen LogP contribution in [0.1, 0.15) is 52.0 Å². The predicted octanol–water partition coefficient (Wildman–Crippen LogP) is 2.99. The van der Waals surface area contributed by atoms with E-state index < -0.39 is 46.3 Å². The van der Waals surface area contributed by atoms with Crippen LogP contribution < -0.4 is 5.32 Å². The fraction of sp³-hybridized carbons (Fsp3) is 0.619. The molecule has 1 amide bonds. The molecule has 0 aliphatic heterocycles.